The Balaban J connectivity index is 1.86. The van der Waals surface area contributed by atoms with E-state index in [0.717, 1.165) is 0 Å². The van der Waals surface area contributed by atoms with Crippen LogP contribution >= 0.6 is 11.8 Å². The van der Waals surface area contributed by atoms with Gasteiger partial charge < -0.3 is 4.90 Å². The van der Waals surface area contributed by atoms with Gasteiger partial charge in [-0.05, 0) is 38.1 Å². The molecule has 2 heteroatoms. The molecule has 0 aliphatic carbocycles. The molecule has 78 valence electrons. The predicted octanol–water partition coefficient (Wildman–Crippen LogP) is 3.01. The van der Waals surface area contributed by atoms with E-state index in [4.69, 9.17) is 0 Å². The number of piperidine rings is 1. The summed E-state index contributed by atoms with van der Waals surface area (Å²) in [5, 5.41) is 0. The lowest BCUT2D eigenvalue weighted by molar-refractivity contribution is 0.242. The van der Waals surface area contributed by atoms with Crippen LogP contribution in [0.2, 0.25) is 0 Å². The van der Waals surface area contributed by atoms with Gasteiger partial charge in [0.05, 0.1) is 0 Å². The molecule has 1 aliphatic heterocycles. The Bertz CT molecular complexity index is 111. The molecule has 1 heterocycles. The minimum atomic E-state index is 1.33. The van der Waals surface area contributed by atoms with Gasteiger partial charge in [-0.15, -0.1) is 0 Å². The zero-order chi connectivity index (χ0) is 9.36. The quantitative estimate of drug-likeness (QED) is 0.608. The zero-order valence-electron chi connectivity index (χ0n) is 8.93. The molecule has 0 atom stereocenters. The second-order valence-electron chi connectivity index (χ2n) is 3.87. The molecule has 1 fully saturated rings. The maximum absolute atomic E-state index is 2.63. The van der Waals surface area contributed by atoms with E-state index in [1.165, 1.54) is 63.2 Å². The van der Waals surface area contributed by atoms with E-state index in [1.807, 2.05) is 0 Å². The molecule has 0 unspecified atom stereocenters. The van der Waals surface area contributed by atoms with E-state index in [-0.39, 0.29) is 0 Å². The van der Waals surface area contributed by atoms with Gasteiger partial charge in [-0.2, -0.15) is 11.8 Å². The van der Waals surface area contributed by atoms with E-state index in [1.54, 1.807) is 0 Å². The van der Waals surface area contributed by atoms with Crippen LogP contribution in [0.15, 0.2) is 0 Å². The summed E-state index contributed by atoms with van der Waals surface area (Å²) in [5.41, 5.74) is 0. The first kappa shape index (κ1) is 11.4. The van der Waals surface area contributed by atoms with E-state index in [2.05, 4.69) is 23.6 Å². The van der Waals surface area contributed by atoms with Gasteiger partial charge in [0.15, 0.2) is 0 Å². The van der Waals surface area contributed by atoms with Crippen molar-refractivity contribution < 1.29 is 0 Å². The minimum absolute atomic E-state index is 1.33. The van der Waals surface area contributed by atoms with E-state index >= 15 is 0 Å². The largest absolute Gasteiger partial charge is 0.303 e. The number of nitrogens with zero attached hydrogens (tertiary/aromatic N) is 1. The van der Waals surface area contributed by atoms with Crippen molar-refractivity contribution in [2.75, 3.05) is 31.1 Å². The highest BCUT2D eigenvalue weighted by Crippen LogP contribution is 2.10. The summed E-state index contributed by atoms with van der Waals surface area (Å²) in [6, 6.07) is 0. The van der Waals surface area contributed by atoms with Crippen LogP contribution in [0.5, 0.6) is 0 Å². The molecule has 1 saturated heterocycles. The molecule has 0 amide bonds. The molecule has 0 saturated carbocycles. The normalized spacial score (nSPS) is 19.2. The zero-order valence-corrected chi connectivity index (χ0v) is 9.74. The summed E-state index contributed by atoms with van der Waals surface area (Å²) in [7, 11) is 0. The number of unbranched alkanes of at least 4 members (excludes halogenated alkanes) is 1. The lowest BCUT2D eigenvalue weighted by Crippen LogP contribution is -2.31. The average Bonchev–Trinajstić information content (AvgIpc) is 2.19. The van der Waals surface area contributed by atoms with Crippen LogP contribution in [0.25, 0.3) is 0 Å². The molecule has 0 aromatic carbocycles. The average molecular weight is 201 g/mol. The smallest absolute Gasteiger partial charge is 0.00723 e. The highest BCUT2D eigenvalue weighted by molar-refractivity contribution is 7.99. The van der Waals surface area contributed by atoms with Crippen molar-refractivity contribution in [1.82, 2.24) is 4.90 Å². The van der Waals surface area contributed by atoms with Crippen LogP contribution in [0.4, 0.5) is 0 Å². The second kappa shape index (κ2) is 7.69. The Hall–Kier alpha value is 0.310. The van der Waals surface area contributed by atoms with Gasteiger partial charge in [0.1, 0.15) is 0 Å². The highest BCUT2D eigenvalue weighted by Gasteiger charge is 2.08. The van der Waals surface area contributed by atoms with Crippen LogP contribution in [0.1, 0.15) is 39.0 Å². The van der Waals surface area contributed by atoms with Gasteiger partial charge >= 0.3 is 0 Å². The Kier molecular flexibility index (Phi) is 6.73. The van der Waals surface area contributed by atoms with Gasteiger partial charge in [0.2, 0.25) is 0 Å². The van der Waals surface area contributed by atoms with Crippen molar-refractivity contribution in [1.29, 1.82) is 0 Å². The van der Waals surface area contributed by atoms with Crippen molar-refractivity contribution in [3.05, 3.63) is 0 Å². The molecule has 0 aromatic rings. The summed E-state index contributed by atoms with van der Waals surface area (Å²) in [5.74, 6) is 2.71. The first-order valence-electron chi connectivity index (χ1n) is 5.73. The first-order valence-corrected chi connectivity index (χ1v) is 6.89. The molecule has 13 heavy (non-hydrogen) atoms. The lowest BCUT2D eigenvalue weighted by Gasteiger charge is -2.26. The molecule has 1 rings (SSSR count). The first-order chi connectivity index (χ1) is 6.43. The van der Waals surface area contributed by atoms with Gasteiger partial charge in [-0.1, -0.05) is 19.8 Å². The summed E-state index contributed by atoms with van der Waals surface area (Å²) in [6.07, 6.45) is 7.06. The summed E-state index contributed by atoms with van der Waals surface area (Å²) >= 11 is 2.13. The molecule has 0 aromatic heterocycles. The molecular formula is C11H23NS. The maximum atomic E-state index is 2.63. The standard InChI is InChI=1S/C11H23NS/c1-2-3-10-13-11-9-12-7-5-4-6-8-12/h2-11H2,1H3. The Labute approximate surface area is 87.3 Å². The third-order valence-electron chi connectivity index (χ3n) is 2.64. The van der Waals surface area contributed by atoms with Crippen molar-refractivity contribution in [3.8, 4) is 0 Å². The van der Waals surface area contributed by atoms with E-state index in [9.17, 15) is 0 Å². The second-order valence-corrected chi connectivity index (χ2v) is 5.09. The fraction of sp³-hybridized carbons (Fsp3) is 1.00. The number of thioether (sulfide) groups is 1. The SMILES string of the molecule is CCCCSCCN1CCCCC1. The number of hydrogen-bond acceptors (Lipinski definition) is 2. The fourth-order valence-electron chi connectivity index (χ4n) is 1.73. The third kappa shape index (κ3) is 5.58. The number of rotatable bonds is 6. The van der Waals surface area contributed by atoms with Gasteiger partial charge in [0, 0.05) is 12.3 Å². The molecule has 0 N–H and O–H groups in total. The van der Waals surface area contributed by atoms with Crippen LogP contribution in [-0.2, 0) is 0 Å². The molecule has 0 bridgehead atoms. The van der Waals surface area contributed by atoms with Crippen molar-refractivity contribution in [3.63, 3.8) is 0 Å². The van der Waals surface area contributed by atoms with Crippen LogP contribution < -0.4 is 0 Å². The monoisotopic (exact) mass is 201 g/mol. The van der Waals surface area contributed by atoms with E-state index in [0.29, 0.717) is 0 Å². The van der Waals surface area contributed by atoms with Gasteiger partial charge in [0.25, 0.3) is 0 Å². The summed E-state index contributed by atoms with van der Waals surface area (Å²) < 4.78 is 0. The predicted molar refractivity (Wildman–Crippen MR) is 62.5 cm³/mol. The molecule has 0 radical (unpaired) electrons. The number of likely N-dealkylation sites (tertiary alicyclic amines) is 1. The van der Waals surface area contributed by atoms with Gasteiger partial charge in [-0.25, -0.2) is 0 Å². The molecular weight excluding hydrogens is 178 g/mol. The minimum Gasteiger partial charge on any atom is -0.303 e. The highest BCUT2D eigenvalue weighted by atomic mass is 32.2. The van der Waals surface area contributed by atoms with Gasteiger partial charge in [-0.3, -0.25) is 0 Å². The summed E-state index contributed by atoms with van der Waals surface area (Å²) in [4.78, 5) is 2.63. The fourth-order valence-corrected chi connectivity index (χ4v) is 2.81. The molecule has 1 nitrogen and oxygen atoms in total. The number of hydrogen-bond donors (Lipinski definition) is 0. The third-order valence-corrected chi connectivity index (χ3v) is 3.69. The Morgan fingerprint density at radius 1 is 1.08 bits per heavy atom. The molecule has 1 aliphatic rings. The van der Waals surface area contributed by atoms with Crippen LogP contribution in [0.3, 0.4) is 0 Å². The van der Waals surface area contributed by atoms with Crippen LogP contribution in [0, 0.1) is 0 Å². The Morgan fingerprint density at radius 2 is 1.85 bits per heavy atom. The maximum Gasteiger partial charge on any atom is 0.00723 e. The molecule has 0 spiro atoms. The Morgan fingerprint density at radius 3 is 2.54 bits per heavy atom. The van der Waals surface area contributed by atoms with Crippen molar-refractivity contribution in [2.24, 2.45) is 0 Å². The lowest BCUT2D eigenvalue weighted by atomic mass is 10.1. The topological polar surface area (TPSA) is 3.24 Å². The van der Waals surface area contributed by atoms with Crippen LogP contribution in [-0.4, -0.2) is 36.0 Å². The summed E-state index contributed by atoms with van der Waals surface area (Å²) in [6.45, 7) is 6.31. The van der Waals surface area contributed by atoms with Crippen molar-refractivity contribution >= 4 is 11.8 Å². The van der Waals surface area contributed by atoms with Crippen molar-refractivity contribution in [2.45, 2.75) is 39.0 Å². The van der Waals surface area contributed by atoms with E-state index < -0.39 is 0 Å².